The van der Waals surface area contributed by atoms with E-state index < -0.39 is 0 Å². The first kappa shape index (κ1) is 19.0. The molecule has 0 radical (unpaired) electrons. The van der Waals surface area contributed by atoms with Gasteiger partial charge in [0.1, 0.15) is 5.15 Å². The van der Waals surface area contributed by atoms with E-state index >= 15 is 0 Å². The average Bonchev–Trinajstić information content (AvgIpc) is 2.59. The van der Waals surface area contributed by atoms with Crippen molar-refractivity contribution in [1.29, 1.82) is 0 Å². The van der Waals surface area contributed by atoms with Gasteiger partial charge in [-0.25, -0.2) is 4.98 Å². The van der Waals surface area contributed by atoms with Crippen molar-refractivity contribution in [1.82, 2.24) is 20.5 Å². The van der Waals surface area contributed by atoms with E-state index in [2.05, 4.69) is 39.4 Å². The zero-order chi connectivity index (χ0) is 17.4. The number of nitrogens with zero attached hydrogens (tertiary/aromatic N) is 3. The van der Waals surface area contributed by atoms with Crippen LogP contribution in [-0.2, 0) is 6.42 Å². The van der Waals surface area contributed by atoms with Gasteiger partial charge in [-0.05, 0) is 57.2 Å². The maximum Gasteiger partial charge on any atom is 0.190 e. The second-order valence-corrected chi connectivity index (χ2v) is 7.10. The van der Waals surface area contributed by atoms with Crippen molar-refractivity contribution < 1.29 is 0 Å². The monoisotopic (exact) mass is 351 g/mol. The number of rotatable bonds is 6. The number of aromatic nitrogens is 1. The van der Waals surface area contributed by atoms with Gasteiger partial charge in [0.05, 0.1) is 0 Å². The van der Waals surface area contributed by atoms with Crippen LogP contribution in [0.5, 0.6) is 0 Å². The van der Waals surface area contributed by atoms with Crippen molar-refractivity contribution in [2.24, 2.45) is 10.9 Å². The number of likely N-dealkylation sites (tertiary alicyclic amines) is 1. The van der Waals surface area contributed by atoms with Gasteiger partial charge in [-0.2, -0.15) is 0 Å². The molecular formula is C18H30ClN5. The van der Waals surface area contributed by atoms with Gasteiger partial charge in [-0.1, -0.05) is 17.7 Å². The van der Waals surface area contributed by atoms with Crippen molar-refractivity contribution >= 4 is 17.6 Å². The Morgan fingerprint density at radius 2 is 2.25 bits per heavy atom. The quantitative estimate of drug-likeness (QED) is 0.470. The number of nitrogens with one attached hydrogen (secondary N) is 2. The van der Waals surface area contributed by atoms with Crippen LogP contribution in [-0.4, -0.2) is 55.1 Å². The lowest BCUT2D eigenvalue weighted by atomic mass is 9.97. The first-order valence-electron chi connectivity index (χ1n) is 8.87. The smallest absolute Gasteiger partial charge is 0.190 e. The number of halogens is 1. The molecule has 2 N–H and O–H groups in total. The fraction of sp³-hybridized carbons (Fsp3) is 0.667. The number of pyridine rings is 1. The van der Waals surface area contributed by atoms with Crippen LogP contribution in [0.25, 0.3) is 0 Å². The number of aliphatic imine (C=N–C) groups is 1. The molecule has 2 heterocycles. The second-order valence-electron chi connectivity index (χ2n) is 6.72. The summed E-state index contributed by atoms with van der Waals surface area (Å²) in [4.78, 5) is 11.0. The van der Waals surface area contributed by atoms with E-state index in [0.29, 0.717) is 17.1 Å². The predicted molar refractivity (Wildman–Crippen MR) is 102 cm³/mol. The highest BCUT2D eigenvalue weighted by Gasteiger charge is 2.21. The summed E-state index contributed by atoms with van der Waals surface area (Å²) in [6, 6.07) is 4.47. The molecule has 1 atom stereocenters. The molecule has 1 fully saturated rings. The highest BCUT2D eigenvalue weighted by Crippen LogP contribution is 2.17. The summed E-state index contributed by atoms with van der Waals surface area (Å²) in [5.74, 6) is 1.57. The van der Waals surface area contributed by atoms with E-state index in [1.165, 1.54) is 31.5 Å². The van der Waals surface area contributed by atoms with Gasteiger partial charge in [0.15, 0.2) is 5.96 Å². The summed E-state index contributed by atoms with van der Waals surface area (Å²) in [5.41, 5.74) is 1.17. The highest BCUT2D eigenvalue weighted by atomic mass is 35.5. The molecule has 24 heavy (non-hydrogen) atoms. The number of hydrogen-bond donors (Lipinski definition) is 2. The molecule has 0 bridgehead atoms. The summed E-state index contributed by atoms with van der Waals surface area (Å²) in [5, 5.41) is 7.37. The van der Waals surface area contributed by atoms with Gasteiger partial charge in [-0.3, -0.25) is 4.99 Å². The summed E-state index contributed by atoms with van der Waals surface area (Å²) in [6.45, 7) is 8.77. The number of piperidine rings is 1. The average molecular weight is 352 g/mol. The summed E-state index contributed by atoms with van der Waals surface area (Å²) >= 11 is 5.80. The molecule has 1 aliphatic rings. The number of guanidine groups is 1. The Morgan fingerprint density at radius 3 is 2.92 bits per heavy atom. The molecule has 0 aromatic carbocycles. The zero-order valence-electron chi connectivity index (χ0n) is 15.1. The second kappa shape index (κ2) is 9.84. The zero-order valence-corrected chi connectivity index (χ0v) is 15.8. The third-order valence-corrected chi connectivity index (χ3v) is 4.78. The minimum Gasteiger partial charge on any atom is -0.356 e. The predicted octanol–water partition coefficient (Wildman–Crippen LogP) is 2.56. The number of hydrogen-bond acceptors (Lipinski definition) is 3. The molecule has 1 unspecified atom stereocenters. The lowest BCUT2D eigenvalue weighted by Gasteiger charge is -2.35. The Labute approximate surface area is 150 Å². The minimum atomic E-state index is 0.534. The highest BCUT2D eigenvalue weighted by molar-refractivity contribution is 6.29. The molecule has 0 saturated carbocycles. The summed E-state index contributed by atoms with van der Waals surface area (Å²) < 4.78 is 0. The lowest BCUT2D eigenvalue weighted by Crippen LogP contribution is -2.46. The van der Waals surface area contributed by atoms with Gasteiger partial charge in [-0.15, -0.1) is 0 Å². The maximum atomic E-state index is 5.80. The van der Waals surface area contributed by atoms with Crippen molar-refractivity contribution in [2.45, 2.75) is 39.2 Å². The molecule has 134 valence electrons. The Bertz CT molecular complexity index is 515. The van der Waals surface area contributed by atoms with Crippen LogP contribution >= 0.6 is 11.6 Å². The van der Waals surface area contributed by atoms with Crippen LogP contribution in [0.1, 0.15) is 32.3 Å². The van der Waals surface area contributed by atoms with Gasteiger partial charge >= 0.3 is 0 Å². The fourth-order valence-electron chi connectivity index (χ4n) is 3.07. The van der Waals surface area contributed by atoms with E-state index in [1.54, 1.807) is 0 Å². The third kappa shape index (κ3) is 6.29. The van der Waals surface area contributed by atoms with Crippen LogP contribution in [0.15, 0.2) is 23.3 Å². The normalized spacial score (nSPS) is 19.5. The Hall–Kier alpha value is -1.33. The van der Waals surface area contributed by atoms with Crippen LogP contribution in [0.3, 0.4) is 0 Å². The standard InChI is InChI=1S/C18H30ClN5/c1-14(2)24-10-4-5-16(13-24)12-23-18(20-3)21-9-8-15-6-7-17(19)22-11-15/h6-7,11,14,16H,4-5,8-10,12-13H2,1-3H3,(H2,20,21,23). The largest absolute Gasteiger partial charge is 0.356 e. The molecule has 1 aromatic heterocycles. The van der Waals surface area contributed by atoms with Crippen molar-refractivity contribution in [3.8, 4) is 0 Å². The first-order chi connectivity index (χ1) is 11.6. The molecular weight excluding hydrogens is 322 g/mol. The van der Waals surface area contributed by atoms with E-state index in [4.69, 9.17) is 11.6 Å². The molecule has 1 aromatic rings. The van der Waals surface area contributed by atoms with E-state index in [-0.39, 0.29) is 0 Å². The summed E-state index contributed by atoms with van der Waals surface area (Å²) in [6.07, 6.45) is 5.31. The molecule has 1 saturated heterocycles. The first-order valence-corrected chi connectivity index (χ1v) is 9.25. The minimum absolute atomic E-state index is 0.534. The fourth-order valence-corrected chi connectivity index (χ4v) is 3.19. The molecule has 2 rings (SSSR count). The topological polar surface area (TPSA) is 52.6 Å². The Morgan fingerprint density at radius 1 is 1.42 bits per heavy atom. The maximum absolute atomic E-state index is 5.80. The molecule has 1 aliphatic heterocycles. The van der Waals surface area contributed by atoms with E-state index in [1.807, 2.05) is 25.4 Å². The van der Waals surface area contributed by atoms with Crippen LogP contribution in [0.2, 0.25) is 5.15 Å². The summed E-state index contributed by atoms with van der Waals surface area (Å²) in [7, 11) is 1.82. The van der Waals surface area contributed by atoms with Gasteiger partial charge in [0.2, 0.25) is 0 Å². The Kier molecular flexibility index (Phi) is 7.79. The van der Waals surface area contributed by atoms with Crippen LogP contribution in [0.4, 0.5) is 0 Å². The third-order valence-electron chi connectivity index (χ3n) is 4.56. The van der Waals surface area contributed by atoms with E-state index in [0.717, 1.165) is 25.5 Å². The van der Waals surface area contributed by atoms with E-state index in [9.17, 15) is 0 Å². The molecule has 0 amide bonds. The van der Waals surface area contributed by atoms with Gasteiger partial charge < -0.3 is 15.5 Å². The van der Waals surface area contributed by atoms with Crippen molar-refractivity contribution in [2.75, 3.05) is 33.2 Å². The molecule has 0 spiro atoms. The van der Waals surface area contributed by atoms with Crippen LogP contribution < -0.4 is 10.6 Å². The van der Waals surface area contributed by atoms with Crippen molar-refractivity contribution in [3.63, 3.8) is 0 Å². The lowest BCUT2D eigenvalue weighted by molar-refractivity contribution is 0.141. The van der Waals surface area contributed by atoms with Gasteiger partial charge in [0, 0.05) is 38.9 Å². The molecule has 6 heteroatoms. The Balaban J connectivity index is 1.69. The SMILES string of the molecule is CN=C(NCCc1ccc(Cl)nc1)NCC1CCCN(C(C)C)C1. The van der Waals surface area contributed by atoms with Crippen LogP contribution in [0, 0.1) is 5.92 Å². The van der Waals surface area contributed by atoms with Gasteiger partial charge in [0.25, 0.3) is 0 Å². The van der Waals surface area contributed by atoms with Crippen molar-refractivity contribution in [3.05, 3.63) is 29.0 Å². The molecule has 5 nitrogen and oxygen atoms in total. The molecule has 0 aliphatic carbocycles.